The van der Waals surface area contributed by atoms with Crippen molar-refractivity contribution in [2.45, 2.75) is 27.2 Å². The van der Waals surface area contributed by atoms with Gasteiger partial charge in [0.15, 0.2) is 0 Å². The van der Waals surface area contributed by atoms with Crippen LogP contribution in [0.15, 0.2) is 63.9 Å². The van der Waals surface area contributed by atoms with Crippen LogP contribution >= 0.6 is 0 Å². The molecule has 0 saturated carbocycles. The Balaban J connectivity index is 1.58. The summed E-state index contributed by atoms with van der Waals surface area (Å²) in [6.45, 7) is 5.32. The molecule has 2 heterocycles. The molecular formula is C25H25N5O4. The second-order valence-electron chi connectivity index (χ2n) is 7.84. The number of nitrogens with one attached hydrogen (secondary N) is 2. The second-order valence-corrected chi connectivity index (χ2v) is 7.84. The molecule has 0 unspecified atom stereocenters. The third-order valence-electron chi connectivity index (χ3n) is 5.67. The van der Waals surface area contributed by atoms with E-state index in [1.165, 1.54) is 4.68 Å². The zero-order valence-corrected chi connectivity index (χ0v) is 19.4. The van der Waals surface area contributed by atoms with Gasteiger partial charge in [-0.2, -0.15) is 0 Å². The minimum Gasteiger partial charge on any atom is -0.361 e. The average Bonchev–Trinajstić information content (AvgIpc) is 3.32. The van der Waals surface area contributed by atoms with Crippen molar-refractivity contribution in [3.05, 3.63) is 93.2 Å². The molecule has 2 aromatic carbocycles. The quantitative estimate of drug-likeness (QED) is 0.455. The summed E-state index contributed by atoms with van der Waals surface area (Å²) in [5, 5.41) is 9.42. The van der Waals surface area contributed by atoms with Gasteiger partial charge >= 0.3 is 0 Å². The Kier molecular flexibility index (Phi) is 6.18. The molecule has 2 aromatic heterocycles. The molecule has 0 aliphatic heterocycles. The van der Waals surface area contributed by atoms with Crippen LogP contribution in [-0.2, 0) is 13.5 Å². The molecule has 0 fully saturated rings. The summed E-state index contributed by atoms with van der Waals surface area (Å²) >= 11 is 0. The van der Waals surface area contributed by atoms with Crippen molar-refractivity contribution in [2.75, 3.05) is 10.6 Å². The van der Waals surface area contributed by atoms with Crippen molar-refractivity contribution in [3.63, 3.8) is 0 Å². The van der Waals surface area contributed by atoms with Gasteiger partial charge in [-0.25, -0.2) is 4.68 Å². The van der Waals surface area contributed by atoms with Gasteiger partial charge in [0, 0.05) is 18.3 Å². The summed E-state index contributed by atoms with van der Waals surface area (Å²) in [6.07, 6.45) is 0.555. The molecule has 2 N–H and O–H groups in total. The number of hydrogen-bond donors (Lipinski definition) is 2. The van der Waals surface area contributed by atoms with Crippen LogP contribution in [-0.4, -0.2) is 26.3 Å². The number of aryl methyl sites for hydroxylation is 2. The summed E-state index contributed by atoms with van der Waals surface area (Å²) in [5.41, 5.74) is 2.85. The first-order valence-corrected chi connectivity index (χ1v) is 10.8. The van der Waals surface area contributed by atoms with Crippen LogP contribution in [0.1, 0.15) is 44.8 Å². The molecule has 0 atom stereocenters. The number of nitrogens with zero attached hydrogens (tertiary/aromatic N) is 3. The van der Waals surface area contributed by atoms with E-state index < -0.39 is 5.91 Å². The molecule has 4 rings (SSSR count). The Morgan fingerprint density at radius 2 is 1.74 bits per heavy atom. The predicted octanol–water partition coefficient (Wildman–Crippen LogP) is 3.85. The zero-order chi connectivity index (χ0) is 24.4. The van der Waals surface area contributed by atoms with E-state index in [1.807, 2.05) is 37.3 Å². The molecule has 0 aliphatic carbocycles. The van der Waals surface area contributed by atoms with Gasteiger partial charge < -0.3 is 15.2 Å². The summed E-state index contributed by atoms with van der Waals surface area (Å²) < 4.78 is 8.32. The Morgan fingerprint density at radius 1 is 1.00 bits per heavy atom. The number of rotatable bonds is 6. The third-order valence-corrected chi connectivity index (χ3v) is 5.67. The molecule has 0 radical (unpaired) electrons. The number of hydrogen-bond acceptors (Lipinski definition) is 5. The monoisotopic (exact) mass is 459 g/mol. The molecule has 2 amide bonds. The van der Waals surface area contributed by atoms with Crippen LogP contribution in [0, 0.1) is 13.8 Å². The van der Waals surface area contributed by atoms with Gasteiger partial charge in [0.05, 0.1) is 17.1 Å². The fraction of sp³-hybridized carbons (Fsp3) is 0.200. The molecule has 9 nitrogen and oxygen atoms in total. The normalized spacial score (nSPS) is 10.8. The highest BCUT2D eigenvalue weighted by Crippen LogP contribution is 2.19. The van der Waals surface area contributed by atoms with E-state index in [1.54, 1.807) is 49.8 Å². The van der Waals surface area contributed by atoms with E-state index in [2.05, 4.69) is 15.8 Å². The topological polar surface area (TPSA) is 111 Å². The minimum atomic E-state index is -0.461. The highest BCUT2D eigenvalue weighted by atomic mass is 16.5. The van der Waals surface area contributed by atoms with Gasteiger partial charge in [-0.05, 0) is 50.6 Å². The van der Waals surface area contributed by atoms with Crippen LogP contribution in [0.5, 0.6) is 0 Å². The van der Waals surface area contributed by atoms with Gasteiger partial charge in [-0.1, -0.05) is 36.3 Å². The summed E-state index contributed by atoms with van der Waals surface area (Å²) in [5.74, 6) is -0.396. The summed E-state index contributed by atoms with van der Waals surface area (Å²) in [4.78, 5) is 38.8. The predicted molar refractivity (Wildman–Crippen MR) is 129 cm³/mol. The number of carbonyl (C=O) groups is 2. The van der Waals surface area contributed by atoms with Crippen LogP contribution in [0.4, 0.5) is 11.4 Å². The molecule has 174 valence electrons. The minimum absolute atomic E-state index is 0.193. The number of anilines is 2. The summed E-state index contributed by atoms with van der Waals surface area (Å²) in [7, 11) is 1.76. The average molecular weight is 460 g/mol. The maximum absolute atomic E-state index is 13.1. The van der Waals surface area contributed by atoms with Crippen LogP contribution in [0.2, 0.25) is 0 Å². The highest BCUT2D eigenvalue weighted by Gasteiger charge is 2.21. The SMILES string of the molecule is CCc1noc(C)c1C(=O)Nc1cccc(C(=O)Nc2c(C)n(C)n(-c3ccccc3)c2=O)c1. The molecule has 4 aromatic rings. The van der Waals surface area contributed by atoms with Crippen LogP contribution in [0.25, 0.3) is 5.69 Å². The molecule has 0 saturated heterocycles. The van der Waals surface area contributed by atoms with E-state index >= 15 is 0 Å². The first-order chi connectivity index (χ1) is 16.3. The van der Waals surface area contributed by atoms with Crippen molar-refractivity contribution < 1.29 is 14.1 Å². The molecule has 9 heteroatoms. The number of carbonyl (C=O) groups excluding carboxylic acids is 2. The smallest absolute Gasteiger partial charge is 0.295 e. The van der Waals surface area contributed by atoms with Gasteiger partial charge in [0.25, 0.3) is 17.4 Å². The fourth-order valence-electron chi connectivity index (χ4n) is 3.78. The van der Waals surface area contributed by atoms with Gasteiger partial charge in [0.2, 0.25) is 0 Å². The van der Waals surface area contributed by atoms with Gasteiger partial charge in [-0.3, -0.25) is 19.1 Å². The van der Waals surface area contributed by atoms with E-state index in [-0.39, 0.29) is 17.2 Å². The number of para-hydroxylation sites is 1. The highest BCUT2D eigenvalue weighted by molar-refractivity contribution is 6.08. The first-order valence-electron chi connectivity index (χ1n) is 10.8. The van der Waals surface area contributed by atoms with Gasteiger partial charge in [-0.15, -0.1) is 0 Å². The Hall–Kier alpha value is -4.40. The lowest BCUT2D eigenvalue weighted by Crippen LogP contribution is -2.23. The lowest BCUT2D eigenvalue weighted by molar-refractivity contribution is 0.101. The van der Waals surface area contributed by atoms with Crippen molar-refractivity contribution >= 4 is 23.2 Å². The maximum Gasteiger partial charge on any atom is 0.295 e. The van der Waals surface area contributed by atoms with Crippen molar-refractivity contribution in [3.8, 4) is 5.69 Å². The van der Waals surface area contributed by atoms with E-state index in [0.29, 0.717) is 46.1 Å². The number of aromatic nitrogens is 3. The van der Waals surface area contributed by atoms with E-state index in [9.17, 15) is 14.4 Å². The first kappa shape index (κ1) is 22.8. The van der Waals surface area contributed by atoms with Crippen molar-refractivity contribution in [1.29, 1.82) is 0 Å². The van der Waals surface area contributed by atoms with Crippen molar-refractivity contribution in [2.24, 2.45) is 7.05 Å². The maximum atomic E-state index is 13.1. The lowest BCUT2D eigenvalue weighted by Gasteiger charge is -2.08. The molecule has 0 aliphatic rings. The molecule has 0 spiro atoms. The molecular weight excluding hydrogens is 434 g/mol. The van der Waals surface area contributed by atoms with E-state index in [0.717, 1.165) is 0 Å². The Bertz CT molecular complexity index is 1430. The third kappa shape index (κ3) is 4.15. The Morgan fingerprint density at radius 3 is 2.44 bits per heavy atom. The second kappa shape index (κ2) is 9.22. The number of benzene rings is 2. The summed E-state index contributed by atoms with van der Waals surface area (Å²) in [6, 6.07) is 15.7. The molecule has 0 bridgehead atoms. The molecule has 34 heavy (non-hydrogen) atoms. The lowest BCUT2D eigenvalue weighted by atomic mass is 10.1. The fourth-order valence-corrected chi connectivity index (χ4v) is 3.78. The largest absolute Gasteiger partial charge is 0.361 e. The van der Waals surface area contributed by atoms with Crippen LogP contribution in [0.3, 0.4) is 0 Å². The van der Waals surface area contributed by atoms with E-state index in [4.69, 9.17) is 4.52 Å². The van der Waals surface area contributed by atoms with Crippen molar-refractivity contribution in [1.82, 2.24) is 14.5 Å². The Labute approximate surface area is 196 Å². The number of amides is 2. The standard InChI is InChI=1S/C25H25N5O4/c1-5-20-21(16(3)34-28-20)24(32)26-18-11-9-10-17(14-18)23(31)27-22-15(2)29(4)30(25(22)33)19-12-7-6-8-13-19/h6-14H,5H2,1-4H3,(H,26,32)(H,27,31). The van der Waals surface area contributed by atoms with Gasteiger partial charge in [0.1, 0.15) is 17.0 Å². The zero-order valence-electron chi connectivity index (χ0n) is 19.4. The van der Waals surface area contributed by atoms with Crippen LogP contribution < -0.4 is 16.2 Å².